The monoisotopic (exact) mass is 152 g/mol. The van der Waals surface area contributed by atoms with Crippen molar-refractivity contribution in [1.29, 1.82) is 0 Å². The Morgan fingerprint density at radius 2 is 2.27 bits per heavy atom. The van der Waals surface area contributed by atoms with Gasteiger partial charge < -0.3 is 5.11 Å². The topological polar surface area (TPSA) is 88.9 Å². The molecular weight excluding hydrogens is 148 g/mol. The van der Waals surface area contributed by atoms with Crippen LogP contribution >= 0.6 is 0 Å². The Kier molecular flexibility index (Phi) is 1.86. The van der Waals surface area contributed by atoms with Crippen molar-refractivity contribution in [3.63, 3.8) is 0 Å². The van der Waals surface area contributed by atoms with E-state index in [0.29, 0.717) is 0 Å². The SMILES string of the molecule is C=C(C(=O)O)c1cnnnn1. The first-order chi connectivity index (χ1) is 5.22. The van der Waals surface area contributed by atoms with Gasteiger partial charge in [-0.05, 0) is 10.4 Å². The minimum atomic E-state index is -1.15. The van der Waals surface area contributed by atoms with E-state index in [-0.39, 0.29) is 11.3 Å². The van der Waals surface area contributed by atoms with E-state index < -0.39 is 5.97 Å². The van der Waals surface area contributed by atoms with Crippen molar-refractivity contribution in [1.82, 2.24) is 20.6 Å². The van der Waals surface area contributed by atoms with Gasteiger partial charge in [-0.25, -0.2) is 4.79 Å². The molecule has 0 spiro atoms. The number of aliphatic carboxylic acids is 1. The van der Waals surface area contributed by atoms with Gasteiger partial charge in [-0.3, -0.25) is 0 Å². The van der Waals surface area contributed by atoms with Crippen LogP contribution in [0.15, 0.2) is 12.8 Å². The summed E-state index contributed by atoms with van der Waals surface area (Å²) in [6.45, 7) is 3.25. The average molecular weight is 152 g/mol. The molecule has 6 heteroatoms. The summed E-state index contributed by atoms with van der Waals surface area (Å²) in [6, 6.07) is 0. The first-order valence-electron chi connectivity index (χ1n) is 2.65. The van der Waals surface area contributed by atoms with Crippen LogP contribution in [0, 0.1) is 0 Å². The third kappa shape index (κ3) is 1.54. The molecule has 0 atom stereocenters. The molecule has 56 valence electrons. The molecule has 1 N–H and O–H groups in total. The fourth-order valence-electron chi connectivity index (χ4n) is 0.445. The zero-order chi connectivity index (χ0) is 8.27. The third-order valence-electron chi connectivity index (χ3n) is 0.991. The van der Waals surface area contributed by atoms with Gasteiger partial charge in [-0.1, -0.05) is 6.58 Å². The summed E-state index contributed by atoms with van der Waals surface area (Å²) < 4.78 is 0. The van der Waals surface area contributed by atoms with E-state index in [9.17, 15) is 4.79 Å². The molecule has 0 unspecified atom stereocenters. The van der Waals surface area contributed by atoms with Crippen molar-refractivity contribution >= 4 is 11.5 Å². The molecule has 6 nitrogen and oxygen atoms in total. The molecule has 0 amide bonds. The second-order valence-corrected chi connectivity index (χ2v) is 1.69. The third-order valence-corrected chi connectivity index (χ3v) is 0.991. The van der Waals surface area contributed by atoms with Crippen molar-refractivity contribution in [3.8, 4) is 0 Å². The first-order valence-corrected chi connectivity index (χ1v) is 2.65. The smallest absolute Gasteiger partial charge is 0.337 e. The Hall–Kier alpha value is -1.85. The van der Waals surface area contributed by atoms with Crippen LogP contribution < -0.4 is 0 Å². The molecule has 0 bridgehead atoms. The molecule has 1 heterocycles. The number of aromatic nitrogens is 4. The molecular formula is C5H4N4O2. The van der Waals surface area contributed by atoms with Crippen LogP contribution in [0.2, 0.25) is 0 Å². The summed E-state index contributed by atoms with van der Waals surface area (Å²) >= 11 is 0. The Labute approximate surface area is 61.6 Å². The van der Waals surface area contributed by atoms with Crippen molar-refractivity contribution in [2.45, 2.75) is 0 Å². The van der Waals surface area contributed by atoms with Crippen LogP contribution in [-0.2, 0) is 4.79 Å². The maximum atomic E-state index is 10.3. The summed E-state index contributed by atoms with van der Waals surface area (Å²) in [6.07, 6.45) is 1.18. The summed E-state index contributed by atoms with van der Waals surface area (Å²) in [5.41, 5.74) is -0.0279. The quantitative estimate of drug-likeness (QED) is 0.567. The van der Waals surface area contributed by atoms with Gasteiger partial charge in [-0.15, -0.1) is 10.2 Å². The molecule has 0 radical (unpaired) electrons. The number of carbonyl (C=O) groups is 1. The number of carboxylic acids is 1. The molecule has 1 aromatic rings. The predicted octanol–water partition coefficient (Wildman–Crippen LogP) is -0.636. The number of hydrogen-bond acceptors (Lipinski definition) is 5. The number of carboxylic acid groups (broad SMARTS) is 1. The molecule has 0 aliphatic carbocycles. The lowest BCUT2D eigenvalue weighted by Gasteiger charge is -1.93. The second kappa shape index (κ2) is 2.82. The van der Waals surface area contributed by atoms with Gasteiger partial charge in [0.15, 0.2) is 0 Å². The van der Waals surface area contributed by atoms with Crippen LogP contribution in [0.4, 0.5) is 0 Å². The Balaban J connectivity index is 2.95. The molecule has 0 aromatic carbocycles. The first kappa shape index (κ1) is 7.26. The normalized spacial score (nSPS) is 9.09. The summed E-state index contributed by atoms with van der Waals surface area (Å²) in [5, 5.41) is 21.5. The van der Waals surface area contributed by atoms with Crippen molar-refractivity contribution in [3.05, 3.63) is 18.5 Å². The summed E-state index contributed by atoms with van der Waals surface area (Å²) in [4.78, 5) is 10.3. The minimum Gasteiger partial charge on any atom is -0.478 e. The Morgan fingerprint density at radius 1 is 1.55 bits per heavy atom. The molecule has 0 aliphatic heterocycles. The zero-order valence-corrected chi connectivity index (χ0v) is 5.43. The minimum absolute atomic E-state index is 0.118. The molecule has 11 heavy (non-hydrogen) atoms. The van der Waals surface area contributed by atoms with E-state index in [0.717, 1.165) is 0 Å². The highest BCUT2D eigenvalue weighted by Gasteiger charge is 2.08. The van der Waals surface area contributed by atoms with Crippen LogP contribution in [-0.4, -0.2) is 31.7 Å². The van der Waals surface area contributed by atoms with E-state index in [1.54, 1.807) is 0 Å². The van der Waals surface area contributed by atoms with Gasteiger partial charge in [0, 0.05) is 0 Å². The highest BCUT2D eigenvalue weighted by atomic mass is 16.4. The average Bonchev–Trinajstić information content (AvgIpc) is 2.05. The summed E-state index contributed by atoms with van der Waals surface area (Å²) in [7, 11) is 0. The standard InChI is InChI=1S/C5H4N4O2/c1-3(5(10)11)4-2-6-8-9-7-4/h2H,1H2,(H,10,11). The fraction of sp³-hybridized carbons (Fsp3) is 0. The number of rotatable bonds is 2. The molecule has 1 aromatic heterocycles. The van der Waals surface area contributed by atoms with E-state index in [1.807, 2.05) is 0 Å². The van der Waals surface area contributed by atoms with E-state index >= 15 is 0 Å². The van der Waals surface area contributed by atoms with Gasteiger partial charge in [0.1, 0.15) is 5.69 Å². The lowest BCUT2D eigenvalue weighted by atomic mass is 10.2. The van der Waals surface area contributed by atoms with Gasteiger partial charge in [0.25, 0.3) is 0 Å². The fourth-order valence-corrected chi connectivity index (χ4v) is 0.445. The zero-order valence-electron chi connectivity index (χ0n) is 5.43. The van der Waals surface area contributed by atoms with Crippen LogP contribution in [0.3, 0.4) is 0 Å². The van der Waals surface area contributed by atoms with Gasteiger partial charge >= 0.3 is 5.97 Å². The summed E-state index contributed by atoms with van der Waals surface area (Å²) in [5.74, 6) is -1.15. The van der Waals surface area contributed by atoms with E-state index in [1.165, 1.54) is 6.20 Å². The number of nitrogens with zero attached hydrogens (tertiary/aromatic N) is 4. The van der Waals surface area contributed by atoms with E-state index in [4.69, 9.17) is 5.11 Å². The lowest BCUT2D eigenvalue weighted by molar-refractivity contribution is -0.130. The Morgan fingerprint density at radius 3 is 2.73 bits per heavy atom. The van der Waals surface area contributed by atoms with Gasteiger partial charge in [0.05, 0.1) is 11.8 Å². The van der Waals surface area contributed by atoms with E-state index in [2.05, 4.69) is 27.2 Å². The number of hydrogen-bond donors (Lipinski definition) is 1. The molecule has 1 rings (SSSR count). The highest BCUT2D eigenvalue weighted by Crippen LogP contribution is 2.04. The maximum absolute atomic E-state index is 10.3. The molecule has 0 saturated carbocycles. The van der Waals surface area contributed by atoms with Gasteiger partial charge in [-0.2, -0.15) is 0 Å². The van der Waals surface area contributed by atoms with Crippen LogP contribution in [0.25, 0.3) is 5.57 Å². The highest BCUT2D eigenvalue weighted by molar-refractivity contribution is 6.13. The van der Waals surface area contributed by atoms with Crippen LogP contribution in [0.5, 0.6) is 0 Å². The largest absolute Gasteiger partial charge is 0.478 e. The molecule has 0 saturated heterocycles. The predicted molar refractivity (Wildman–Crippen MR) is 34.3 cm³/mol. The van der Waals surface area contributed by atoms with Crippen LogP contribution in [0.1, 0.15) is 5.69 Å². The van der Waals surface area contributed by atoms with Crippen molar-refractivity contribution in [2.24, 2.45) is 0 Å². The van der Waals surface area contributed by atoms with Crippen molar-refractivity contribution < 1.29 is 9.90 Å². The lowest BCUT2D eigenvalue weighted by Crippen LogP contribution is -2.03. The van der Waals surface area contributed by atoms with Gasteiger partial charge in [0.2, 0.25) is 0 Å². The Bertz CT molecular complexity index is 284. The van der Waals surface area contributed by atoms with Crippen molar-refractivity contribution in [2.75, 3.05) is 0 Å². The molecule has 0 aliphatic rings. The second-order valence-electron chi connectivity index (χ2n) is 1.69. The molecule has 0 fully saturated rings. The maximum Gasteiger partial charge on any atom is 0.337 e.